The van der Waals surface area contributed by atoms with Crippen molar-refractivity contribution in [3.05, 3.63) is 34.3 Å². The molecule has 1 aromatic carbocycles. The highest BCUT2D eigenvalue weighted by Crippen LogP contribution is 2.24. The molecule has 0 saturated carbocycles. The van der Waals surface area contributed by atoms with Gasteiger partial charge in [0.2, 0.25) is 0 Å². The molecule has 0 amide bonds. The fourth-order valence-corrected chi connectivity index (χ4v) is 2.28. The van der Waals surface area contributed by atoms with E-state index < -0.39 is 0 Å². The maximum atomic E-state index is 3.54. The first kappa shape index (κ1) is 12.0. The SMILES string of the molecule is Brc1cccc(C2CCCCN2)c1.Cl. The second-order valence-electron chi connectivity index (χ2n) is 3.56. The summed E-state index contributed by atoms with van der Waals surface area (Å²) in [4.78, 5) is 0. The van der Waals surface area contributed by atoms with Crippen molar-refractivity contribution < 1.29 is 0 Å². The third-order valence-electron chi connectivity index (χ3n) is 2.56. The van der Waals surface area contributed by atoms with E-state index in [1.165, 1.54) is 29.3 Å². The van der Waals surface area contributed by atoms with E-state index in [0.717, 1.165) is 6.54 Å². The zero-order valence-electron chi connectivity index (χ0n) is 8.00. The second-order valence-corrected chi connectivity index (χ2v) is 4.47. The summed E-state index contributed by atoms with van der Waals surface area (Å²) in [6.07, 6.45) is 3.95. The standard InChI is InChI=1S/C11H14BrN.ClH/c12-10-5-3-4-9(8-10)11-6-1-2-7-13-11;/h3-5,8,11,13H,1-2,6-7H2;1H. The van der Waals surface area contributed by atoms with Crippen molar-refractivity contribution in [2.75, 3.05) is 6.54 Å². The van der Waals surface area contributed by atoms with Crippen LogP contribution in [0.3, 0.4) is 0 Å². The highest BCUT2D eigenvalue weighted by Gasteiger charge is 2.13. The molecule has 0 bridgehead atoms. The van der Waals surface area contributed by atoms with Crippen LogP contribution in [0.1, 0.15) is 30.9 Å². The van der Waals surface area contributed by atoms with Gasteiger partial charge < -0.3 is 5.32 Å². The Morgan fingerprint density at radius 2 is 2.14 bits per heavy atom. The molecule has 78 valence electrons. The molecule has 14 heavy (non-hydrogen) atoms. The molecule has 1 atom stereocenters. The molecule has 1 aromatic rings. The molecule has 1 unspecified atom stereocenters. The Balaban J connectivity index is 0.000000980. The molecule has 1 nitrogen and oxygen atoms in total. The Morgan fingerprint density at radius 3 is 2.79 bits per heavy atom. The van der Waals surface area contributed by atoms with Crippen LogP contribution in [0.5, 0.6) is 0 Å². The Bertz CT molecular complexity index is 284. The van der Waals surface area contributed by atoms with Crippen LogP contribution in [-0.4, -0.2) is 6.54 Å². The van der Waals surface area contributed by atoms with Crippen LogP contribution in [0.2, 0.25) is 0 Å². The van der Waals surface area contributed by atoms with Crippen LogP contribution in [0.4, 0.5) is 0 Å². The minimum atomic E-state index is 0. The zero-order chi connectivity index (χ0) is 9.10. The predicted molar refractivity (Wildman–Crippen MR) is 66.0 cm³/mol. The third kappa shape index (κ3) is 2.97. The van der Waals surface area contributed by atoms with E-state index in [1.54, 1.807) is 0 Å². The van der Waals surface area contributed by atoms with Gasteiger partial charge in [-0.2, -0.15) is 0 Å². The van der Waals surface area contributed by atoms with Gasteiger partial charge in [-0.15, -0.1) is 12.4 Å². The first-order valence-electron chi connectivity index (χ1n) is 4.85. The maximum Gasteiger partial charge on any atom is 0.0320 e. The molecule has 1 saturated heterocycles. The summed E-state index contributed by atoms with van der Waals surface area (Å²) < 4.78 is 1.18. The van der Waals surface area contributed by atoms with Crippen LogP contribution in [0.15, 0.2) is 28.7 Å². The van der Waals surface area contributed by atoms with Crippen molar-refractivity contribution >= 4 is 28.3 Å². The van der Waals surface area contributed by atoms with E-state index >= 15 is 0 Å². The summed E-state index contributed by atoms with van der Waals surface area (Å²) >= 11 is 3.50. The molecule has 0 aliphatic carbocycles. The van der Waals surface area contributed by atoms with Gasteiger partial charge >= 0.3 is 0 Å². The van der Waals surface area contributed by atoms with Crippen molar-refractivity contribution in [3.8, 4) is 0 Å². The van der Waals surface area contributed by atoms with Gasteiger partial charge in [0.1, 0.15) is 0 Å². The normalized spacial score (nSPS) is 21.4. The van der Waals surface area contributed by atoms with Crippen LogP contribution in [-0.2, 0) is 0 Å². The van der Waals surface area contributed by atoms with Gasteiger partial charge in [0.15, 0.2) is 0 Å². The largest absolute Gasteiger partial charge is 0.310 e. The second kappa shape index (κ2) is 5.74. The zero-order valence-corrected chi connectivity index (χ0v) is 10.4. The first-order valence-corrected chi connectivity index (χ1v) is 5.64. The molecule has 0 radical (unpaired) electrons. The molecule has 2 rings (SSSR count). The minimum Gasteiger partial charge on any atom is -0.310 e. The van der Waals surface area contributed by atoms with E-state index in [9.17, 15) is 0 Å². The number of halogens is 2. The number of rotatable bonds is 1. The number of nitrogens with one attached hydrogen (secondary N) is 1. The molecular formula is C11H15BrClN. The van der Waals surface area contributed by atoms with Crippen molar-refractivity contribution in [1.82, 2.24) is 5.32 Å². The van der Waals surface area contributed by atoms with Crippen molar-refractivity contribution in [2.24, 2.45) is 0 Å². The van der Waals surface area contributed by atoms with Crippen LogP contribution >= 0.6 is 28.3 Å². The Labute approximate surface area is 99.8 Å². The molecule has 3 heteroatoms. The minimum absolute atomic E-state index is 0. The number of piperidine rings is 1. The summed E-state index contributed by atoms with van der Waals surface area (Å²) in [7, 11) is 0. The van der Waals surface area contributed by atoms with Crippen LogP contribution in [0, 0.1) is 0 Å². The topological polar surface area (TPSA) is 12.0 Å². The monoisotopic (exact) mass is 275 g/mol. The van der Waals surface area contributed by atoms with Crippen LogP contribution in [0.25, 0.3) is 0 Å². The quantitative estimate of drug-likeness (QED) is 0.825. The fourth-order valence-electron chi connectivity index (χ4n) is 1.86. The van der Waals surface area contributed by atoms with Gasteiger partial charge in [0.25, 0.3) is 0 Å². The van der Waals surface area contributed by atoms with Gasteiger partial charge in [-0.1, -0.05) is 34.5 Å². The molecular weight excluding hydrogens is 261 g/mol. The summed E-state index contributed by atoms with van der Waals surface area (Å²) in [5.74, 6) is 0. The van der Waals surface area contributed by atoms with E-state index in [2.05, 4.69) is 45.5 Å². The van der Waals surface area contributed by atoms with E-state index in [4.69, 9.17) is 0 Å². The number of hydrogen-bond donors (Lipinski definition) is 1. The number of benzene rings is 1. The molecule has 1 fully saturated rings. The summed E-state index contributed by atoms with van der Waals surface area (Å²) in [5.41, 5.74) is 1.41. The summed E-state index contributed by atoms with van der Waals surface area (Å²) in [6.45, 7) is 1.16. The lowest BCUT2D eigenvalue weighted by Gasteiger charge is -2.23. The summed E-state index contributed by atoms with van der Waals surface area (Å²) in [5, 5.41) is 3.54. The maximum absolute atomic E-state index is 3.54. The first-order chi connectivity index (χ1) is 6.36. The average Bonchev–Trinajstić information content (AvgIpc) is 2.19. The van der Waals surface area contributed by atoms with Gasteiger partial charge in [-0.05, 0) is 37.1 Å². The Hall–Kier alpha value is -0.0500. The predicted octanol–water partition coefficient (Wildman–Crippen LogP) is 3.69. The lowest BCUT2D eigenvalue weighted by molar-refractivity contribution is 0.412. The lowest BCUT2D eigenvalue weighted by Crippen LogP contribution is -2.26. The highest BCUT2D eigenvalue weighted by atomic mass is 79.9. The van der Waals surface area contributed by atoms with E-state index in [1.807, 2.05) is 0 Å². The van der Waals surface area contributed by atoms with Crippen molar-refractivity contribution in [3.63, 3.8) is 0 Å². The van der Waals surface area contributed by atoms with Gasteiger partial charge in [0, 0.05) is 10.5 Å². The molecule has 1 aliphatic rings. The Kier molecular flexibility index (Phi) is 4.93. The average molecular weight is 277 g/mol. The van der Waals surface area contributed by atoms with Crippen molar-refractivity contribution in [1.29, 1.82) is 0 Å². The van der Waals surface area contributed by atoms with Gasteiger partial charge in [0.05, 0.1) is 0 Å². The van der Waals surface area contributed by atoms with E-state index in [0.29, 0.717) is 6.04 Å². The number of hydrogen-bond acceptors (Lipinski definition) is 1. The molecule has 0 spiro atoms. The van der Waals surface area contributed by atoms with Crippen LogP contribution < -0.4 is 5.32 Å². The van der Waals surface area contributed by atoms with Gasteiger partial charge in [-0.25, -0.2) is 0 Å². The summed E-state index contributed by atoms with van der Waals surface area (Å²) in [6, 6.07) is 9.17. The molecule has 1 heterocycles. The van der Waals surface area contributed by atoms with Gasteiger partial charge in [-0.3, -0.25) is 0 Å². The molecule has 1 N–H and O–H groups in total. The smallest absolute Gasteiger partial charge is 0.0320 e. The van der Waals surface area contributed by atoms with E-state index in [-0.39, 0.29) is 12.4 Å². The fraction of sp³-hybridized carbons (Fsp3) is 0.455. The lowest BCUT2D eigenvalue weighted by atomic mass is 9.98. The van der Waals surface area contributed by atoms with Crippen molar-refractivity contribution in [2.45, 2.75) is 25.3 Å². The highest BCUT2D eigenvalue weighted by molar-refractivity contribution is 9.10. The Morgan fingerprint density at radius 1 is 1.29 bits per heavy atom. The third-order valence-corrected chi connectivity index (χ3v) is 3.05. The molecule has 0 aromatic heterocycles. The molecule has 1 aliphatic heterocycles.